The highest BCUT2D eigenvalue weighted by Gasteiger charge is 2.10. The lowest BCUT2D eigenvalue weighted by atomic mass is 10.1. The van der Waals surface area contributed by atoms with Crippen LogP contribution < -0.4 is 5.73 Å². The van der Waals surface area contributed by atoms with Crippen LogP contribution in [0.4, 0.5) is 5.69 Å². The molecule has 0 fully saturated rings. The molecule has 0 radical (unpaired) electrons. The van der Waals surface area contributed by atoms with Gasteiger partial charge in [-0.1, -0.05) is 30.3 Å². The summed E-state index contributed by atoms with van der Waals surface area (Å²) in [5.41, 5.74) is 9.86. The first kappa shape index (κ1) is 13.4. The summed E-state index contributed by atoms with van der Waals surface area (Å²) in [6, 6.07) is 10.5. The van der Waals surface area contributed by atoms with E-state index in [1.807, 2.05) is 30.2 Å². The lowest BCUT2D eigenvalue weighted by Crippen LogP contribution is -2.00. The van der Waals surface area contributed by atoms with Gasteiger partial charge in [-0.2, -0.15) is 10.2 Å². The zero-order valence-corrected chi connectivity index (χ0v) is 12.1. The van der Waals surface area contributed by atoms with Gasteiger partial charge in [0.15, 0.2) is 0 Å². The largest absolute Gasteiger partial charge is 0.396 e. The van der Waals surface area contributed by atoms with E-state index in [2.05, 4.69) is 34.5 Å². The molecule has 0 bridgehead atoms. The number of aromatic nitrogens is 4. The third-order valence-corrected chi connectivity index (χ3v) is 3.46. The van der Waals surface area contributed by atoms with E-state index in [9.17, 15) is 0 Å². The van der Waals surface area contributed by atoms with Crippen LogP contribution in [0.15, 0.2) is 48.9 Å². The number of anilines is 1. The highest BCUT2D eigenvalue weighted by atomic mass is 15.3. The van der Waals surface area contributed by atoms with Gasteiger partial charge in [0.25, 0.3) is 0 Å². The molecule has 1 aromatic carbocycles. The van der Waals surface area contributed by atoms with E-state index in [0.29, 0.717) is 5.69 Å². The fourth-order valence-corrected chi connectivity index (χ4v) is 2.41. The maximum atomic E-state index is 6.05. The summed E-state index contributed by atoms with van der Waals surface area (Å²) in [5.74, 6) is 0. The predicted molar refractivity (Wildman–Crippen MR) is 83.6 cm³/mol. The molecule has 2 heterocycles. The Balaban J connectivity index is 1.64. The number of nitrogens with two attached hydrogens (primary N) is 1. The Morgan fingerprint density at radius 1 is 1.14 bits per heavy atom. The molecular weight excluding hydrogens is 262 g/mol. The van der Waals surface area contributed by atoms with Gasteiger partial charge < -0.3 is 5.73 Å². The molecule has 0 amide bonds. The topological polar surface area (TPSA) is 61.7 Å². The number of hydrogen-bond donors (Lipinski definition) is 1. The smallest absolute Gasteiger partial charge is 0.118 e. The van der Waals surface area contributed by atoms with Gasteiger partial charge in [-0.3, -0.25) is 9.36 Å². The molecule has 108 valence electrons. The Labute approximate surface area is 124 Å². The van der Waals surface area contributed by atoms with Crippen molar-refractivity contribution in [2.45, 2.75) is 19.4 Å². The van der Waals surface area contributed by atoms with Gasteiger partial charge in [-0.25, -0.2) is 0 Å². The lowest BCUT2D eigenvalue weighted by Gasteiger charge is -2.02. The molecule has 0 aliphatic carbocycles. The van der Waals surface area contributed by atoms with Crippen molar-refractivity contribution in [1.29, 1.82) is 0 Å². The molecule has 21 heavy (non-hydrogen) atoms. The quantitative estimate of drug-likeness (QED) is 0.781. The molecule has 5 heteroatoms. The molecule has 0 unspecified atom stereocenters. The molecule has 0 saturated heterocycles. The Bertz CT molecular complexity index is 711. The second kappa shape index (κ2) is 5.83. The molecule has 2 aromatic heterocycles. The normalized spacial score (nSPS) is 10.9. The minimum Gasteiger partial charge on any atom is -0.396 e. The zero-order valence-electron chi connectivity index (χ0n) is 12.1. The fourth-order valence-electron chi connectivity index (χ4n) is 2.41. The summed E-state index contributed by atoms with van der Waals surface area (Å²) in [4.78, 5) is 0. The van der Waals surface area contributed by atoms with E-state index in [1.165, 1.54) is 5.56 Å². The Morgan fingerprint density at radius 2 is 1.95 bits per heavy atom. The minimum absolute atomic E-state index is 0.697. The number of nitrogen functional groups attached to an aromatic ring is 1. The van der Waals surface area contributed by atoms with Crippen LogP contribution in [0, 0.1) is 0 Å². The van der Waals surface area contributed by atoms with Crippen molar-refractivity contribution in [2.75, 3.05) is 5.73 Å². The van der Waals surface area contributed by atoms with Crippen molar-refractivity contribution >= 4 is 5.69 Å². The lowest BCUT2D eigenvalue weighted by molar-refractivity contribution is 0.580. The minimum atomic E-state index is 0.697. The van der Waals surface area contributed by atoms with Crippen molar-refractivity contribution in [3.8, 4) is 11.3 Å². The SMILES string of the molecule is Cn1cc(-c2nn(CCCc3ccccc3)cc2N)cn1. The second-order valence-electron chi connectivity index (χ2n) is 5.19. The van der Waals surface area contributed by atoms with Crippen LogP contribution in [0.2, 0.25) is 0 Å². The predicted octanol–water partition coefficient (Wildman–Crippen LogP) is 2.50. The summed E-state index contributed by atoms with van der Waals surface area (Å²) in [6.07, 6.45) is 7.69. The van der Waals surface area contributed by atoms with Gasteiger partial charge in [0.1, 0.15) is 5.69 Å². The third-order valence-electron chi connectivity index (χ3n) is 3.46. The van der Waals surface area contributed by atoms with Crippen LogP contribution in [0.3, 0.4) is 0 Å². The first-order valence-electron chi connectivity index (χ1n) is 7.08. The molecule has 0 aliphatic rings. The van der Waals surface area contributed by atoms with E-state index in [4.69, 9.17) is 5.73 Å². The molecule has 3 rings (SSSR count). The summed E-state index contributed by atoms with van der Waals surface area (Å²) >= 11 is 0. The number of benzene rings is 1. The van der Waals surface area contributed by atoms with Crippen LogP contribution in [-0.2, 0) is 20.0 Å². The van der Waals surface area contributed by atoms with Crippen molar-refractivity contribution < 1.29 is 0 Å². The number of nitrogens with zero attached hydrogens (tertiary/aromatic N) is 4. The van der Waals surface area contributed by atoms with E-state index >= 15 is 0 Å². The van der Waals surface area contributed by atoms with E-state index in [0.717, 1.165) is 30.6 Å². The second-order valence-corrected chi connectivity index (χ2v) is 5.19. The molecule has 0 spiro atoms. The summed E-state index contributed by atoms with van der Waals surface area (Å²) in [7, 11) is 1.89. The van der Waals surface area contributed by atoms with Crippen molar-refractivity contribution in [2.24, 2.45) is 7.05 Å². The summed E-state index contributed by atoms with van der Waals surface area (Å²) in [6.45, 7) is 0.860. The Morgan fingerprint density at radius 3 is 2.67 bits per heavy atom. The number of aryl methyl sites for hydroxylation is 3. The first-order chi connectivity index (χ1) is 10.2. The Kier molecular flexibility index (Phi) is 3.73. The monoisotopic (exact) mass is 281 g/mol. The van der Waals surface area contributed by atoms with Gasteiger partial charge in [0, 0.05) is 31.5 Å². The molecular formula is C16H19N5. The van der Waals surface area contributed by atoms with Crippen LogP contribution in [0.25, 0.3) is 11.3 Å². The molecule has 2 N–H and O–H groups in total. The average Bonchev–Trinajstić information content (AvgIpc) is 3.06. The van der Waals surface area contributed by atoms with Crippen molar-refractivity contribution in [3.05, 3.63) is 54.5 Å². The van der Waals surface area contributed by atoms with Crippen LogP contribution in [-0.4, -0.2) is 19.6 Å². The third kappa shape index (κ3) is 3.13. The molecule has 0 aliphatic heterocycles. The molecule has 5 nitrogen and oxygen atoms in total. The standard InChI is InChI=1S/C16H19N5/c1-20-11-14(10-18-20)16-15(17)12-21(19-16)9-5-8-13-6-3-2-4-7-13/h2-4,6-7,10-12H,5,8-9,17H2,1H3. The van der Waals surface area contributed by atoms with Gasteiger partial charge in [0.05, 0.1) is 11.9 Å². The van der Waals surface area contributed by atoms with Gasteiger partial charge in [-0.05, 0) is 18.4 Å². The van der Waals surface area contributed by atoms with E-state index in [1.54, 1.807) is 10.9 Å². The van der Waals surface area contributed by atoms with Crippen molar-refractivity contribution in [3.63, 3.8) is 0 Å². The van der Waals surface area contributed by atoms with E-state index in [-0.39, 0.29) is 0 Å². The highest BCUT2D eigenvalue weighted by Crippen LogP contribution is 2.23. The van der Waals surface area contributed by atoms with Crippen LogP contribution >= 0.6 is 0 Å². The maximum absolute atomic E-state index is 6.05. The summed E-state index contributed by atoms with van der Waals surface area (Å²) in [5, 5.41) is 8.72. The molecule has 0 saturated carbocycles. The van der Waals surface area contributed by atoms with Crippen molar-refractivity contribution in [1.82, 2.24) is 19.6 Å². The van der Waals surface area contributed by atoms with Gasteiger partial charge >= 0.3 is 0 Å². The Hall–Kier alpha value is -2.56. The van der Waals surface area contributed by atoms with Gasteiger partial charge in [0.2, 0.25) is 0 Å². The van der Waals surface area contributed by atoms with E-state index < -0.39 is 0 Å². The highest BCUT2D eigenvalue weighted by molar-refractivity contribution is 5.70. The van der Waals surface area contributed by atoms with Crippen LogP contribution in [0.1, 0.15) is 12.0 Å². The van der Waals surface area contributed by atoms with Crippen LogP contribution in [0.5, 0.6) is 0 Å². The summed E-state index contributed by atoms with van der Waals surface area (Å²) < 4.78 is 3.67. The molecule has 3 aromatic rings. The maximum Gasteiger partial charge on any atom is 0.118 e. The first-order valence-corrected chi connectivity index (χ1v) is 7.08. The number of hydrogen-bond acceptors (Lipinski definition) is 3. The fraction of sp³-hybridized carbons (Fsp3) is 0.250. The van der Waals surface area contributed by atoms with Gasteiger partial charge in [-0.15, -0.1) is 0 Å². The average molecular weight is 281 g/mol. The zero-order chi connectivity index (χ0) is 14.7. The number of rotatable bonds is 5. The molecule has 0 atom stereocenters.